The van der Waals surface area contributed by atoms with Crippen LogP contribution in [0.4, 0.5) is 5.69 Å². The van der Waals surface area contributed by atoms with E-state index in [9.17, 15) is 14.9 Å². The molecular weight excluding hydrogens is 459 g/mol. The molecule has 1 amide bonds. The first kappa shape index (κ1) is 22.4. The molecule has 0 aliphatic rings. The molecule has 3 aromatic rings. The predicted molar refractivity (Wildman–Crippen MR) is 122 cm³/mol. The van der Waals surface area contributed by atoms with E-state index in [0.717, 1.165) is 0 Å². The van der Waals surface area contributed by atoms with Crippen LogP contribution in [0.1, 0.15) is 15.9 Å². The first-order chi connectivity index (χ1) is 14.9. The standard InChI is InChI=1S/C23H13Cl3N2O3/c24-17-2-1-3-18(12-17)28-22(29)16(13-27)10-14-4-7-19(8-5-14)31-23(30)15-6-9-20(25)21(26)11-15/h1-12H,(H,28,29)/b16-10+. The smallest absolute Gasteiger partial charge is 0.343 e. The number of benzene rings is 3. The molecule has 0 aromatic heterocycles. The summed E-state index contributed by atoms with van der Waals surface area (Å²) in [6.45, 7) is 0. The maximum Gasteiger partial charge on any atom is 0.343 e. The Hall–Kier alpha value is -3.30. The second kappa shape index (κ2) is 10.1. The molecule has 5 nitrogen and oxygen atoms in total. The molecule has 154 valence electrons. The third kappa shape index (κ3) is 6.09. The summed E-state index contributed by atoms with van der Waals surface area (Å²) in [5, 5.41) is 13.0. The van der Waals surface area contributed by atoms with E-state index in [4.69, 9.17) is 39.5 Å². The third-order valence-electron chi connectivity index (χ3n) is 4.00. The van der Waals surface area contributed by atoms with Crippen molar-refractivity contribution >= 4 is 58.4 Å². The minimum absolute atomic E-state index is 0.0967. The summed E-state index contributed by atoms with van der Waals surface area (Å²) in [6.07, 6.45) is 1.42. The van der Waals surface area contributed by atoms with Crippen LogP contribution in [0.5, 0.6) is 5.75 Å². The van der Waals surface area contributed by atoms with Gasteiger partial charge in [0.15, 0.2) is 0 Å². The molecule has 0 heterocycles. The van der Waals surface area contributed by atoms with Crippen molar-refractivity contribution in [1.82, 2.24) is 0 Å². The maximum atomic E-state index is 12.3. The van der Waals surface area contributed by atoms with Gasteiger partial charge in [0.1, 0.15) is 17.4 Å². The van der Waals surface area contributed by atoms with E-state index in [-0.39, 0.29) is 21.9 Å². The summed E-state index contributed by atoms with van der Waals surface area (Å²) in [4.78, 5) is 24.6. The molecule has 0 saturated heterocycles. The van der Waals surface area contributed by atoms with Crippen molar-refractivity contribution in [3.63, 3.8) is 0 Å². The topological polar surface area (TPSA) is 79.2 Å². The minimum atomic E-state index is -0.597. The van der Waals surface area contributed by atoms with Crippen LogP contribution in [0.2, 0.25) is 15.1 Å². The normalized spacial score (nSPS) is 10.8. The number of ether oxygens (including phenoxy) is 1. The number of carbonyl (C=O) groups excluding carboxylic acids is 2. The SMILES string of the molecule is N#C/C(=C\c1ccc(OC(=O)c2ccc(Cl)c(Cl)c2)cc1)C(=O)Nc1cccc(Cl)c1. The monoisotopic (exact) mass is 470 g/mol. The van der Waals surface area contributed by atoms with Gasteiger partial charge in [-0.25, -0.2) is 4.79 Å². The Kier molecular flexibility index (Phi) is 7.32. The molecule has 8 heteroatoms. The lowest BCUT2D eigenvalue weighted by Crippen LogP contribution is -2.13. The van der Waals surface area contributed by atoms with Gasteiger partial charge < -0.3 is 10.1 Å². The van der Waals surface area contributed by atoms with Crippen LogP contribution in [0.25, 0.3) is 6.08 Å². The molecule has 0 atom stereocenters. The van der Waals surface area contributed by atoms with Crippen LogP contribution < -0.4 is 10.1 Å². The lowest BCUT2D eigenvalue weighted by atomic mass is 10.1. The zero-order chi connectivity index (χ0) is 22.4. The van der Waals surface area contributed by atoms with E-state index in [2.05, 4.69) is 5.32 Å². The highest BCUT2D eigenvalue weighted by Crippen LogP contribution is 2.24. The third-order valence-corrected chi connectivity index (χ3v) is 4.98. The number of anilines is 1. The van der Waals surface area contributed by atoms with Crippen molar-refractivity contribution in [2.24, 2.45) is 0 Å². The molecule has 31 heavy (non-hydrogen) atoms. The van der Waals surface area contributed by atoms with Crippen molar-refractivity contribution in [2.45, 2.75) is 0 Å². The van der Waals surface area contributed by atoms with Crippen molar-refractivity contribution < 1.29 is 14.3 Å². The summed E-state index contributed by atoms with van der Waals surface area (Å²) >= 11 is 17.7. The van der Waals surface area contributed by atoms with Gasteiger partial charge in [-0.05, 0) is 60.2 Å². The number of nitrogens with zero attached hydrogens (tertiary/aromatic N) is 1. The molecule has 3 rings (SSSR count). The first-order valence-corrected chi connectivity index (χ1v) is 9.95. The Bertz CT molecular complexity index is 1220. The van der Waals surface area contributed by atoms with Crippen LogP contribution in [0.3, 0.4) is 0 Å². The van der Waals surface area contributed by atoms with Gasteiger partial charge in [-0.2, -0.15) is 5.26 Å². The van der Waals surface area contributed by atoms with Gasteiger partial charge in [0.2, 0.25) is 0 Å². The predicted octanol–water partition coefficient (Wildman–Crippen LogP) is 6.41. The molecular formula is C23H13Cl3N2O3. The van der Waals surface area contributed by atoms with Gasteiger partial charge >= 0.3 is 5.97 Å². The molecule has 0 bridgehead atoms. The second-order valence-corrected chi connectivity index (χ2v) is 7.47. The second-order valence-electron chi connectivity index (χ2n) is 6.22. The van der Waals surface area contributed by atoms with Crippen molar-refractivity contribution in [3.05, 3.63) is 98.5 Å². The number of amides is 1. The molecule has 0 aliphatic heterocycles. The number of nitriles is 1. The molecule has 0 aliphatic carbocycles. The lowest BCUT2D eigenvalue weighted by Gasteiger charge is -2.06. The largest absolute Gasteiger partial charge is 0.423 e. The first-order valence-electron chi connectivity index (χ1n) is 8.82. The van der Waals surface area contributed by atoms with Crippen LogP contribution in [0.15, 0.2) is 72.3 Å². The van der Waals surface area contributed by atoms with Crippen LogP contribution in [0, 0.1) is 11.3 Å². The summed E-state index contributed by atoms with van der Waals surface area (Å²) < 4.78 is 5.30. The quantitative estimate of drug-likeness (QED) is 0.202. The summed E-state index contributed by atoms with van der Waals surface area (Å²) in [7, 11) is 0. The van der Waals surface area contributed by atoms with E-state index in [1.54, 1.807) is 48.5 Å². The zero-order valence-electron chi connectivity index (χ0n) is 15.7. The van der Waals surface area contributed by atoms with Crippen molar-refractivity contribution in [3.8, 4) is 11.8 Å². The Balaban J connectivity index is 1.69. The average Bonchev–Trinajstić information content (AvgIpc) is 2.75. The number of rotatable bonds is 5. The summed E-state index contributed by atoms with van der Waals surface area (Å²) in [5.41, 5.74) is 1.21. The summed E-state index contributed by atoms with van der Waals surface area (Å²) in [6, 6.07) is 19.2. The van der Waals surface area contributed by atoms with Gasteiger partial charge in [-0.1, -0.05) is 53.0 Å². The minimum Gasteiger partial charge on any atom is -0.423 e. The van der Waals surface area contributed by atoms with E-state index in [1.807, 2.05) is 6.07 Å². The number of halogens is 3. The number of esters is 1. The Morgan fingerprint density at radius 2 is 1.68 bits per heavy atom. The molecule has 0 saturated carbocycles. The number of nitrogens with one attached hydrogen (secondary N) is 1. The van der Waals surface area contributed by atoms with Gasteiger partial charge in [0.05, 0.1) is 15.6 Å². The lowest BCUT2D eigenvalue weighted by molar-refractivity contribution is -0.112. The number of hydrogen-bond acceptors (Lipinski definition) is 4. The van der Waals surface area contributed by atoms with Crippen LogP contribution in [-0.4, -0.2) is 11.9 Å². The van der Waals surface area contributed by atoms with Crippen LogP contribution >= 0.6 is 34.8 Å². The van der Waals surface area contributed by atoms with Crippen LogP contribution in [-0.2, 0) is 4.79 Å². The average molecular weight is 472 g/mol. The fourth-order valence-electron chi connectivity index (χ4n) is 2.50. The molecule has 0 fully saturated rings. The highest BCUT2D eigenvalue weighted by atomic mass is 35.5. The Morgan fingerprint density at radius 1 is 0.935 bits per heavy atom. The molecule has 3 aromatic carbocycles. The van der Waals surface area contributed by atoms with Gasteiger partial charge in [0.25, 0.3) is 5.91 Å². The van der Waals surface area contributed by atoms with Crippen molar-refractivity contribution in [1.29, 1.82) is 5.26 Å². The number of carbonyl (C=O) groups is 2. The fourth-order valence-corrected chi connectivity index (χ4v) is 2.99. The maximum absolute atomic E-state index is 12.3. The van der Waals surface area contributed by atoms with E-state index in [0.29, 0.717) is 21.3 Å². The molecule has 0 unspecified atom stereocenters. The van der Waals surface area contributed by atoms with Gasteiger partial charge in [0, 0.05) is 10.7 Å². The molecule has 0 radical (unpaired) electrons. The molecule has 1 N–H and O–H groups in total. The highest BCUT2D eigenvalue weighted by molar-refractivity contribution is 6.42. The van der Waals surface area contributed by atoms with E-state index in [1.165, 1.54) is 24.3 Å². The molecule has 0 spiro atoms. The van der Waals surface area contributed by atoms with E-state index < -0.39 is 11.9 Å². The fraction of sp³-hybridized carbons (Fsp3) is 0. The van der Waals surface area contributed by atoms with Gasteiger partial charge in [-0.15, -0.1) is 0 Å². The zero-order valence-corrected chi connectivity index (χ0v) is 18.0. The van der Waals surface area contributed by atoms with Crippen molar-refractivity contribution in [2.75, 3.05) is 5.32 Å². The number of hydrogen-bond donors (Lipinski definition) is 1. The Morgan fingerprint density at radius 3 is 2.32 bits per heavy atom. The van der Waals surface area contributed by atoms with Gasteiger partial charge in [-0.3, -0.25) is 4.79 Å². The highest BCUT2D eigenvalue weighted by Gasteiger charge is 2.12. The Labute approximate surface area is 193 Å². The van der Waals surface area contributed by atoms with E-state index >= 15 is 0 Å². The summed E-state index contributed by atoms with van der Waals surface area (Å²) in [5.74, 6) is -0.879.